The zero-order chi connectivity index (χ0) is 17.3. The SMILES string of the molecule is Cc1onc(-c2c(Cl)cccc2Cl)c1C(=O)NC1CCNCC1C. The van der Waals surface area contributed by atoms with Crippen molar-refractivity contribution in [3.05, 3.63) is 39.6 Å². The molecule has 2 atom stereocenters. The number of aryl methyl sites for hydroxylation is 1. The van der Waals surface area contributed by atoms with Gasteiger partial charge in [-0.1, -0.05) is 41.3 Å². The van der Waals surface area contributed by atoms with E-state index in [9.17, 15) is 4.79 Å². The van der Waals surface area contributed by atoms with Gasteiger partial charge in [-0.15, -0.1) is 0 Å². The lowest BCUT2D eigenvalue weighted by atomic mass is 9.94. The van der Waals surface area contributed by atoms with Crippen molar-refractivity contribution >= 4 is 29.1 Å². The van der Waals surface area contributed by atoms with Crippen LogP contribution in [0.25, 0.3) is 11.3 Å². The summed E-state index contributed by atoms with van der Waals surface area (Å²) in [5, 5.41) is 11.3. The average molecular weight is 368 g/mol. The van der Waals surface area contributed by atoms with E-state index in [1.54, 1.807) is 25.1 Å². The molecule has 3 rings (SSSR count). The number of amides is 1. The van der Waals surface area contributed by atoms with Crippen molar-refractivity contribution in [3.8, 4) is 11.3 Å². The molecule has 1 fully saturated rings. The number of rotatable bonds is 3. The maximum absolute atomic E-state index is 12.8. The van der Waals surface area contributed by atoms with E-state index in [1.165, 1.54) is 0 Å². The monoisotopic (exact) mass is 367 g/mol. The smallest absolute Gasteiger partial charge is 0.257 e. The zero-order valence-corrected chi connectivity index (χ0v) is 15.0. The number of benzene rings is 1. The van der Waals surface area contributed by atoms with Crippen molar-refractivity contribution in [2.75, 3.05) is 13.1 Å². The van der Waals surface area contributed by atoms with Gasteiger partial charge in [0.05, 0.1) is 10.0 Å². The van der Waals surface area contributed by atoms with Gasteiger partial charge < -0.3 is 15.2 Å². The highest BCUT2D eigenvalue weighted by Crippen LogP contribution is 2.36. The molecule has 2 heterocycles. The minimum absolute atomic E-state index is 0.114. The van der Waals surface area contributed by atoms with Gasteiger partial charge in [0.15, 0.2) is 0 Å². The minimum Gasteiger partial charge on any atom is -0.360 e. The summed E-state index contributed by atoms with van der Waals surface area (Å²) in [6.07, 6.45) is 0.888. The first kappa shape index (κ1) is 17.3. The van der Waals surface area contributed by atoms with E-state index < -0.39 is 0 Å². The molecule has 1 aliphatic rings. The number of hydrogen-bond acceptors (Lipinski definition) is 4. The molecule has 0 radical (unpaired) electrons. The maximum Gasteiger partial charge on any atom is 0.257 e. The Morgan fingerprint density at radius 1 is 1.38 bits per heavy atom. The molecule has 1 amide bonds. The molecule has 0 spiro atoms. The Labute approximate surface area is 150 Å². The summed E-state index contributed by atoms with van der Waals surface area (Å²) in [5.74, 6) is 0.591. The van der Waals surface area contributed by atoms with Crippen LogP contribution in [0.3, 0.4) is 0 Å². The van der Waals surface area contributed by atoms with E-state index in [2.05, 4.69) is 22.7 Å². The van der Waals surface area contributed by atoms with E-state index in [4.69, 9.17) is 27.7 Å². The number of aromatic nitrogens is 1. The van der Waals surface area contributed by atoms with E-state index in [0.29, 0.717) is 38.5 Å². The van der Waals surface area contributed by atoms with Crippen molar-refractivity contribution in [1.29, 1.82) is 0 Å². The molecule has 0 saturated carbocycles. The highest BCUT2D eigenvalue weighted by Gasteiger charge is 2.28. The molecule has 7 heteroatoms. The second-order valence-electron chi connectivity index (χ2n) is 6.11. The molecule has 128 valence electrons. The molecule has 0 aliphatic carbocycles. The van der Waals surface area contributed by atoms with Crippen LogP contribution in [-0.2, 0) is 0 Å². The second kappa shape index (κ2) is 7.13. The molecular formula is C17H19Cl2N3O2. The van der Waals surface area contributed by atoms with Crippen LogP contribution in [0.4, 0.5) is 0 Å². The summed E-state index contributed by atoms with van der Waals surface area (Å²) in [5.41, 5.74) is 1.28. The molecule has 1 aliphatic heterocycles. The Morgan fingerprint density at radius 3 is 2.75 bits per heavy atom. The molecular weight excluding hydrogens is 349 g/mol. The third-order valence-corrected chi connectivity index (χ3v) is 5.02. The molecule has 1 saturated heterocycles. The number of hydrogen-bond donors (Lipinski definition) is 2. The summed E-state index contributed by atoms with van der Waals surface area (Å²) in [7, 11) is 0. The van der Waals surface area contributed by atoms with Gasteiger partial charge in [0.1, 0.15) is 17.0 Å². The number of carbonyl (C=O) groups is 1. The van der Waals surface area contributed by atoms with Gasteiger partial charge in [-0.2, -0.15) is 0 Å². The predicted octanol–water partition coefficient (Wildman–Crippen LogP) is 3.68. The fraction of sp³-hybridized carbons (Fsp3) is 0.412. The Hall–Kier alpha value is -1.56. The Morgan fingerprint density at radius 2 is 2.08 bits per heavy atom. The number of nitrogens with one attached hydrogen (secondary N) is 2. The first-order valence-electron chi connectivity index (χ1n) is 7.91. The summed E-state index contributed by atoms with van der Waals surface area (Å²) in [6, 6.07) is 5.28. The second-order valence-corrected chi connectivity index (χ2v) is 6.92. The van der Waals surface area contributed by atoms with Crippen LogP contribution in [0.1, 0.15) is 29.5 Å². The molecule has 2 aromatic rings. The molecule has 2 N–H and O–H groups in total. The normalized spacial score (nSPS) is 20.8. The average Bonchev–Trinajstić information content (AvgIpc) is 2.91. The Balaban J connectivity index is 1.94. The van der Waals surface area contributed by atoms with Gasteiger partial charge in [-0.3, -0.25) is 4.79 Å². The van der Waals surface area contributed by atoms with Crippen LogP contribution in [-0.4, -0.2) is 30.2 Å². The highest BCUT2D eigenvalue weighted by molar-refractivity contribution is 6.39. The highest BCUT2D eigenvalue weighted by atomic mass is 35.5. The summed E-state index contributed by atoms with van der Waals surface area (Å²) >= 11 is 12.5. The van der Waals surface area contributed by atoms with Crippen molar-refractivity contribution in [1.82, 2.24) is 15.8 Å². The van der Waals surface area contributed by atoms with Crippen molar-refractivity contribution in [2.24, 2.45) is 5.92 Å². The maximum atomic E-state index is 12.8. The lowest BCUT2D eigenvalue weighted by Gasteiger charge is -2.30. The summed E-state index contributed by atoms with van der Waals surface area (Å²) in [6.45, 7) is 5.60. The van der Waals surface area contributed by atoms with Crippen LogP contribution >= 0.6 is 23.2 Å². The Kier molecular flexibility index (Phi) is 5.13. The molecule has 0 bridgehead atoms. The van der Waals surface area contributed by atoms with Crippen LogP contribution in [0.2, 0.25) is 10.0 Å². The zero-order valence-electron chi connectivity index (χ0n) is 13.5. The van der Waals surface area contributed by atoms with E-state index >= 15 is 0 Å². The van der Waals surface area contributed by atoms with Crippen LogP contribution in [0, 0.1) is 12.8 Å². The van der Waals surface area contributed by atoms with Gasteiger partial charge in [0, 0.05) is 11.6 Å². The van der Waals surface area contributed by atoms with E-state index in [0.717, 1.165) is 19.5 Å². The third-order valence-electron chi connectivity index (χ3n) is 4.39. The van der Waals surface area contributed by atoms with Gasteiger partial charge in [-0.05, 0) is 44.5 Å². The largest absolute Gasteiger partial charge is 0.360 e. The van der Waals surface area contributed by atoms with Gasteiger partial charge in [0.25, 0.3) is 5.91 Å². The lowest BCUT2D eigenvalue weighted by Crippen LogP contribution is -2.48. The standard InChI is InChI=1S/C17H19Cl2N3O2/c1-9-8-20-7-6-13(9)21-17(23)14-10(2)24-22-16(14)15-11(18)4-3-5-12(15)19/h3-5,9,13,20H,6-8H2,1-2H3,(H,21,23). The van der Waals surface area contributed by atoms with Crippen molar-refractivity contribution < 1.29 is 9.32 Å². The number of halogens is 2. The van der Waals surface area contributed by atoms with Gasteiger partial charge in [0.2, 0.25) is 0 Å². The molecule has 24 heavy (non-hydrogen) atoms. The molecule has 5 nitrogen and oxygen atoms in total. The first-order chi connectivity index (χ1) is 11.5. The van der Waals surface area contributed by atoms with Crippen LogP contribution in [0.5, 0.6) is 0 Å². The molecule has 1 aromatic heterocycles. The Bertz CT molecular complexity index is 740. The molecule has 1 aromatic carbocycles. The topological polar surface area (TPSA) is 67.2 Å². The third kappa shape index (κ3) is 3.29. The fourth-order valence-electron chi connectivity index (χ4n) is 3.00. The minimum atomic E-state index is -0.210. The quantitative estimate of drug-likeness (QED) is 0.867. The fourth-order valence-corrected chi connectivity index (χ4v) is 3.58. The van der Waals surface area contributed by atoms with E-state index in [1.807, 2.05) is 0 Å². The first-order valence-corrected chi connectivity index (χ1v) is 8.67. The van der Waals surface area contributed by atoms with Crippen molar-refractivity contribution in [3.63, 3.8) is 0 Å². The lowest BCUT2D eigenvalue weighted by molar-refractivity contribution is 0.0913. The summed E-state index contributed by atoms with van der Waals surface area (Å²) < 4.78 is 5.26. The van der Waals surface area contributed by atoms with Gasteiger partial charge >= 0.3 is 0 Å². The number of carbonyl (C=O) groups excluding carboxylic acids is 1. The molecule has 2 unspecified atom stereocenters. The van der Waals surface area contributed by atoms with Crippen LogP contribution < -0.4 is 10.6 Å². The summed E-state index contributed by atoms with van der Waals surface area (Å²) in [4.78, 5) is 12.8. The van der Waals surface area contributed by atoms with Crippen molar-refractivity contribution in [2.45, 2.75) is 26.3 Å². The number of piperidine rings is 1. The van der Waals surface area contributed by atoms with E-state index in [-0.39, 0.29) is 11.9 Å². The number of nitrogens with zero attached hydrogens (tertiary/aromatic N) is 1. The van der Waals surface area contributed by atoms with Crippen LogP contribution in [0.15, 0.2) is 22.7 Å². The predicted molar refractivity (Wildman–Crippen MR) is 94.6 cm³/mol. The van der Waals surface area contributed by atoms with Gasteiger partial charge in [-0.25, -0.2) is 0 Å².